The summed E-state index contributed by atoms with van der Waals surface area (Å²) >= 11 is 0. The zero-order valence-electron chi connectivity index (χ0n) is 10.4. The summed E-state index contributed by atoms with van der Waals surface area (Å²) in [6, 6.07) is 0.0416. The molecule has 2 unspecified atom stereocenters. The van der Waals surface area contributed by atoms with Crippen LogP contribution in [0.1, 0.15) is 40.5 Å². The van der Waals surface area contributed by atoms with Gasteiger partial charge >= 0.3 is 0 Å². The summed E-state index contributed by atoms with van der Waals surface area (Å²) in [5, 5.41) is 6.24. The molecule has 88 valence electrons. The standard InChI is InChI=1S/C12H24N2O/c1-9-7-10(14-8-9)11(15)13-6-5-12(2,3)4/h9-10,14H,5-8H2,1-4H3,(H,13,15). The molecule has 0 aliphatic carbocycles. The Kier molecular flexibility index (Phi) is 4.14. The molecule has 1 saturated heterocycles. The highest BCUT2D eigenvalue weighted by molar-refractivity contribution is 5.82. The quantitative estimate of drug-likeness (QED) is 0.745. The highest BCUT2D eigenvalue weighted by Crippen LogP contribution is 2.17. The topological polar surface area (TPSA) is 41.1 Å². The Balaban J connectivity index is 2.19. The predicted molar refractivity (Wildman–Crippen MR) is 62.7 cm³/mol. The van der Waals surface area contributed by atoms with Crippen molar-refractivity contribution in [1.29, 1.82) is 0 Å². The number of carbonyl (C=O) groups is 1. The predicted octanol–water partition coefficient (Wildman–Crippen LogP) is 1.54. The van der Waals surface area contributed by atoms with Crippen LogP contribution >= 0.6 is 0 Å². The van der Waals surface area contributed by atoms with Gasteiger partial charge in [-0.15, -0.1) is 0 Å². The number of amides is 1. The fourth-order valence-electron chi connectivity index (χ4n) is 1.80. The minimum Gasteiger partial charge on any atom is -0.355 e. The SMILES string of the molecule is CC1CNC(C(=O)NCCC(C)(C)C)C1. The molecule has 1 fully saturated rings. The van der Waals surface area contributed by atoms with Gasteiger partial charge in [0.1, 0.15) is 0 Å². The molecule has 0 spiro atoms. The molecule has 0 aromatic rings. The van der Waals surface area contributed by atoms with Crippen molar-refractivity contribution >= 4 is 5.91 Å². The van der Waals surface area contributed by atoms with Crippen LogP contribution in [0, 0.1) is 11.3 Å². The lowest BCUT2D eigenvalue weighted by atomic mass is 9.92. The highest BCUT2D eigenvalue weighted by Gasteiger charge is 2.26. The van der Waals surface area contributed by atoms with Gasteiger partial charge in [0.25, 0.3) is 0 Å². The summed E-state index contributed by atoms with van der Waals surface area (Å²) in [5.74, 6) is 0.798. The highest BCUT2D eigenvalue weighted by atomic mass is 16.2. The van der Waals surface area contributed by atoms with Crippen LogP contribution in [0.3, 0.4) is 0 Å². The first-order valence-corrected chi connectivity index (χ1v) is 5.89. The molecule has 0 radical (unpaired) electrons. The second-order valence-corrected chi connectivity index (χ2v) is 5.90. The van der Waals surface area contributed by atoms with E-state index in [0.717, 1.165) is 25.9 Å². The molecule has 1 aliphatic heterocycles. The third-order valence-corrected chi connectivity index (χ3v) is 2.84. The normalized spacial score (nSPS) is 26.7. The van der Waals surface area contributed by atoms with Crippen molar-refractivity contribution in [2.75, 3.05) is 13.1 Å². The Hall–Kier alpha value is -0.570. The average Bonchev–Trinajstić information content (AvgIpc) is 2.49. The van der Waals surface area contributed by atoms with E-state index < -0.39 is 0 Å². The van der Waals surface area contributed by atoms with Crippen molar-refractivity contribution in [2.24, 2.45) is 11.3 Å². The molecule has 0 aromatic heterocycles. The van der Waals surface area contributed by atoms with Gasteiger partial charge in [-0.3, -0.25) is 4.79 Å². The molecule has 3 heteroatoms. The summed E-state index contributed by atoms with van der Waals surface area (Å²) in [6.45, 7) is 10.5. The van der Waals surface area contributed by atoms with Crippen LogP contribution in [0.5, 0.6) is 0 Å². The lowest BCUT2D eigenvalue weighted by Gasteiger charge is -2.19. The van der Waals surface area contributed by atoms with Gasteiger partial charge in [0.2, 0.25) is 5.91 Å². The van der Waals surface area contributed by atoms with E-state index in [0.29, 0.717) is 11.3 Å². The summed E-state index contributed by atoms with van der Waals surface area (Å²) in [5.41, 5.74) is 0.295. The maximum atomic E-state index is 11.7. The van der Waals surface area contributed by atoms with Gasteiger partial charge in [0, 0.05) is 6.54 Å². The zero-order valence-corrected chi connectivity index (χ0v) is 10.4. The van der Waals surface area contributed by atoms with Gasteiger partial charge in [-0.25, -0.2) is 0 Å². The van der Waals surface area contributed by atoms with Gasteiger partial charge in [0.15, 0.2) is 0 Å². The third kappa shape index (κ3) is 4.65. The van der Waals surface area contributed by atoms with E-state index in [1.54, 1.807) is 0 Å². The molecule has 1 aliphatic rings. The Bertz CT molecular complexity index is 220. The lowest BCUT2D eigenvalue weighted by molar-refractivity contribution is -0.122. The number of nitrogens with one attached hydrogen (secondary N) is 2. The average molecular weight is 212 g/mol. The first kappa shape index (κ1) is 12.5. The molecule has 0 aromatic carbocycles. The van der Waals surface area contributed by atoms with E-state index in [4.69, 9.17) is 0 Å². The number of carbonyl (C=O) groups excluding carboxylic acids is 1. The summed E-state index contributed by atoms with van der Waals surface area (Å²) < 4.78 is 0. The fraction of sp³-hybridized carbons (Fsp3) is 0.917. The van der Waals surface area contributed by atoms with E-state index in [-0.39, 0.29) is 11.9 Å². The van der Waals surface area contributed by atoms with Crippen LogP contribution in [0.25, 0.3) is 0 Å². The van der Waals surface area contributed by atoms with Crippen LogP contribution < -0.4 is 10.6 Å². The van der Waals surface area contributed by atoms with Gasteiger partial charge in [0.05, 0.1) is 6.04 Å². The molecule has 0 saturated carbocycles. The van der Waals surface area contributed by atoms with Gasteiger partial charge in [-0.1, -0.05) is 27.7 Å². The van der Waals surface area contributed by atoms with Crippen LogP contribution in [0.15, 0.2) is 0 Å². The van der Waals surface area contributed by atoms with Gasteiger partial charge in [-0.05, 0) is 30.7 Å². The van der Waals surface area contributed by atoms with Crippen molar-refractivity contribution in [1.82, 2.24) is 10.6 Å². The minimum atomic E-state index is 0.0416. The second kappa shape index (κ2) is 4.97. The van der Waals surface area contributed by atoms with Gasteiger partial charge in [-0.2, -0.15) is 0 Å². The van der Waals surface area contributed by atoms with Crippen LogP contribution in [0.4, 0.5) is 0 Å². The van der Waals surface area contributed by atoms with E-state index in [2.05, 4.69) is 38.3 Å². The van der Waals surface area contributed by atoms with Crippen molar-refractivity contribution in [3.8, 4) is 0 Å². The first-order chi connectivity index (χ1) is 6.88. The van der Waals surface area contributed by atoms with Gasteiger partial charge < -0.3 is 10.6 Å². The van der Waals surface area contributed by atoms with Crippen LogP contribution in [-0.2, 0) is 4.79 Å². The Morgan fingerprint density at radius 3 is 2.60 bits per heavy atom. The zero-order chi connectivity index (χ0) is 11.5. The maximum Gasteiger partial charge on any atom is 0.237 e. The lowest BCUT2D eigenvalue weighted by Crippen LogP contribution is -2.41. The van der Waals surface area contributed by atoms with Crippen molar-refractivity contribution in [3.05, 3.63) is 0 Å². The summed E-state index contributed by atoms with van der Waals surface area (Å²) in [6.07, 6.45) is 2.00. The molecule has 2 N–H and O–H groups in total. The molecular formula is C12H24N2O. The van der Waals surface area contributed by atoms with E-state index >= 15 is 0 Å². The smallest absolute Gasteiger partial charge is 0.237 e. The molecule has 15 heavy (non-hydrogen) atoms. The molecule has 1 heterocycles. The Labute approximate surface area is 93.0 Å². The van der Waals surface area contributed by atoms with Crippen molar-refractivity contribution < 1.29 is 4.79 Å². The fourth-order valence-corrected chi connectivity index (χ4v) is 1.80. The van der Waals surface area contributed by atoms with Crippen LogP contribution in [0.2, 0.25) is 0 Å². The molecule has 1 amide bonds. The van der Waals surface area contributed by atoms with Crippen LogP contribution in [-0.4, -0.2) is 25.0 Å². The largest absolute Gasteiger partial charge is 0.355 e. The second-order valence-electron chi connectivity index (χ2n) is 5.90. The van der Waals surface area contributed by atoms with E-state index in [9.17, 15) is 4.79 Å². The van der Waals surface area contributed by atoms with E-state index in [1.807, 2.05) is 0 Å². The molecule has 0 bridgehead atoms. The Morgan fingerprint density at radius 2 is 2.13 bits per heavy atom. The number of hydrogen-bond donors (Lipinski definition) is 2. The summed E-state index contributed by atoms with van der Waals surface area (Å²) in [7, 11) is 0. The molecular weight excluding hydrogens is 188 g/mol. The van der Waals surface area contributed by atoms with Crippen molar-refractivity contribution in [3.63, 3.8) is 0 Å². The molecule has 1 rings (SSSR count). The monoisotopic (exact) mass is 212 g/mol. The number of rotatable bonds is 3. The maximum absolute atomic E-state index is 11.7. The third-order valence-electron chi connectivity index (χ3n) is 2.84. The minimum absolute atomic E-state index is 0.0416. The summed E-state index contributed by atoms with van der Waals surface area (Å²) in [4.78, 5) is 11.7. The Morgan fingerprint density at radius 1 is 1.47 bits per heavy atom. The number of hydrogen-bond acceptors (Lipinski definition) is 2. The van der Waals surface area contributed by atoms with E-state index in [1.165, 1.54) is 0 Å². The molecule has 2 atom stereocenters. The first-order valence-electron chi connectivity index (χ1n) is 5.89. The van der Waals surface area contributed by atoms with Crippen molar-refractivity contribution in [2.45, 2.75) is 46.6 Å². The molecule has 3 nitrogen and oxygen atoms in total.